The number of rotatable bonds is 5. The molecule has 2 fully saturated rings. The summed E-state index contributed by atoms with van der Waals surface area (Å²) in [4.78, 5) is 11.6. The molecule has 0 aromatic heterocycles. The van der Waals surface area contributed by atoms with Crippen molar-refractivity contribution in [2.24, 2.45) is 5.92 Å². The van der Waals surface area contributed by atoms with E-state index in [2.05, 4.69) is 47.1 Å². The van der Waals surface area contributed by atoms with Crippen LogP contribution in [0.1, 0.15) is 102 Å². The smallest absolute Gasteiger partial charge is 0.306 e. The zero-order valence-corrected chi connectivity index (χ0v) is 25.3. The van der Waals surface area contributed by atoms with Gasteiger partial charge in [0.15, 0.2) is 0 Å². The molecule has 3 aliphatic heterocycles. The van der Waals surface area contributed by atoms with Crippen LogP contribution in [0.3, 0.4) is 0 Å². The van der Waals surface area contributed by atoms with Crippen molar-refractivity contribution in [2.75, 3.05) is 13.1 Å². The molecule has 41 heavy (non-hydrogen) atoms. The van der Waals surface area contributed by atoms with Crippen LogP contribution in [0.4, 0.5) is 0 Å². The minimum atomic E-state index is -1.26. The highest BCUT2D eigenvalue weighted by molar-refractivity contribution is 5.68. The Balaban J connectivity index is 1.49. The van der Waals surface area contributed by atoms with Crippen LogP contribution in [0.5, 0.6) is 0 Å². The van der Waals surface area contributed by atoms with Crippen LogP contribution in [0, 0.1) is 5.92 Å². The van der Waals surface area contributed by atoms with Gasteiger partial charge in [-0.3, -0.25) is 4.79 Å². The molecule has 8 heteroatoms. The van der Waals surface area contributed by atoms with E-state index < -0.39 is 17.7 Å². The van der Waals surface area contributed by atoms with Gasteiger partial charge in [0.2, 0.25) is 0 Å². The molecule has 8 atom stereocenters. The highest BCUT2D eigenvalue weighted by Crippen LogP contribution is 2.29. The van der Waals surface area contributed by atoms with Gasteiger partial charge in [-0.1, -0.05) is 49.9 Å². The Bertz CT molecular complexity index is 978. The standard InChI is InChI=1S/C33H55N3O5/c1-23-29(37)12-11-27(36-23)19-30(38)26-10-5-3-4-6-13-33(41,21-31(39)40)22-35-32(2)14-15-34-28(20-32)18-25-9-7-8-24(16-25)17-26/h7-9,16,23,26-30,34-38,41H,3-6,10-15,17-22H2,1-2H3,(H,39,40)/t23-,26+,27+,28+,29-,30+,32+,33-/m1/s1. The Kier molecular flexibility index (Phi) is 11.6. The van der Waals surface area contributed by atoms with Gasteiger partial charge in [0, 0.05) is 30.2 Å². The van der Waals surface area contributed by atoms with E-state index in [-0.39, 0.29) is 42.6 Å². The maximum absolute atomic E-state index is 11.6. The summed E-state index contributed by atoms with van der Waals surface area (Å²) >= 11 is 0. The van der Waals surface area contributed by atoms with Crippen LogP contribution in [0.15, 0.2) is 24.3 Å². The summed E-state index contributed by atoms with van der Waals surface area (Å²) < 4.78 is 0. The molecule has 1 aromatic carbocycles. The molecule has 0 amide bonds. The van der Waals surface area contributed by atoms with Crippen LogP contribution in [0.25, 0.3) is 0 Å². The molecule has 3 heterocycles. The Morgan fingerprint density at radius 3 is 2.59 bits per heavy atom. The third kappa shape index (κ3) is 10.0. The van der Waals surface area contributed by atoms with Crippen LogP contribution >= 0.6 is 0 Å². The van der Waals surface area contributed by atoms with Crippen molar-refractivity contribution in [3.63, 3.8) is 0 Å². The zero-order valence-electron chi connectivity index (χ0n) is 25.3. The SMILES string of the molecule is C[C@H]1N[C@H](C[C@H](O)[C@H]2CCCCCC[C@@](O)(CC(=O)O)CN[C@@]3(C)CCN[C@@H](Cc4cccc(c4)C2)C3)CC[C@H]1O. The molecule has 8 nitrogen and oxygen atoms in total. The van der Waals surface area contributed by atoms with Gasteiger partial charge in [-0.15, -0.1) is 0 Å². The molecule has 7 N–H and O–H groups in total. The lowest BCUT2D eigenvalue weighted by atomic mass is 9.81. The van der Waals surface area contributed by atoms with Crippen molar-refractivity contribution in [2.45, 2.75) is 145 Å². The third-order valence-electron chi connectivity index (χ3n) is 10.0. The van der Waals surface area contributed by atoms with Crippen molar-refractivity contribution in [1.82, 2.24) is 16.0 Å². The van der Waals surface area contributed by atoms with Gasteiger partial charge in [0.25, 0.3) is 0 Å². The summed E-state index contributed by atoms with van der Waals surface area (Å²) in [5.41, 5.74) is 1.15. The van der Waals surface area contributed by atoms with Crippen LogP contribution in [0.2, 0.25) is 0 Å². The number of nitrogens with one attached hydrogen (secondary N) is 3. The first-order valence-electron chi connectivity index (χ1n) is 16.2. The van der Waals surface area contributed by atoms with Gasteiger partial charge in [-0.2, -0.15) is 0 Å². The number of hydrogen-bond donors (Lipinski definition) is 7. The van der Waals surface area contributed by atoms with Crippen molar-refractivity contribution in [1.29, 1.82) is 0 Å². The van der Waals surface area contributed by atoms with Crippen molar-refractivity contribution < 1.29 is 25.2 Å². The number of carboxylic acid groups (broad SMARTS) is 1. The van der Waals surface area contributed by atoms with Crippen LogP contribution in [-0.4, -0.2) is 81.0 Å². The van der Waals surface area contributed by atoms with E-state index in [1.165, 1.54) is 11.1 Å². The fourth-order valence-corrected chi connectivity index (χ4v) is 7.45. The zero-order chi connectivity index (χ0) is 29.5. The van der Waals surface area contributed by atoms with E-state index in [4.69, 9.17) is 0 Å². The molecule has 232 valence electrons. The predicted molar refractivity (Wildman–Crippen MR) is 162 cm³/mol. The first kappa shape index (κ1) is 32.4. The number of piperidine rings is 2. The van der Waals surface area contributed by atoms with E-state index in [9.17, 15) is 25.2 Å². The van der Waals surface area contributed by atoms with E-state index in [0.717, 1.165) is 77.2 Å². The summed E-state index contributed by atoms with van der Waals surface area (Å²) in [6.07, 6.45) is 10.1. The number of aliphatic hydroxyl groups excluding tert-OH is 2. The van der Waals surface area contributed by atoms with Crippen molar-refractivity contribution in [3.8, 4) is 0 Å². The average molecular weight is 574 g/mol. The molecule has 0 aliphatic carbocycles. The first-order chi connectivity index (χ1) is 19.5. The number of aliphatic carboxylic acids is 1. The lowest BCUT2D eigenvalue weighted by Gasteiger charge is -2.42. The van der Waals surface area contributed by atoms with Crippen molar-refractivity contribution >= 4 is 5.97 Å². The third-order valence-corrected chi connectivity index (χ3v) is 10.0. The molecular formula is C33H55N3O5. The number of benzene rings is 1. The molecule has 0 radical (unpaired) electrons. The number of aliphatic hydroxyl groups is 3. The molecule has 1 aromatic rings. The van der Waals surface area contributed by atoms with Gasteiger partial charge in [-0.25, -0.2) is 0 Å². The monoisotopic (exact) mass is 573 g/mol. The van der Waals surface area contributed by atoms with E-state index >= 15 is 0 Å². The highest BCUT2D eigenvalue weighted by atomic mass is 16.4. The van der Waals surface area contributed by atoms with Gasteiger partial charge in [0.1, 0.15) is 0 Å². The first-order valence-corrected chi connectivity index (χ1v) is 16.2. The second-order valence-electron chi connectivity index (χ2n) is 13.9. The van der Waals surface area contributed by atoms with Gasteiger partial charge in [0.05, 0.1) is 24.2 Å². The van der Waals surface area contributed by atoms with E-state index in [1.807, 2.05) is 6.92 Å². The summed E-state index contributed by atoms with van der Waals surface area (Å²) in [6, 6.07) is 9.40. The average Bonchev–Trinajstić information content (AvgIpc) is 2.90. The highest BCUT2D eigenvalue weighted by Gasteiger charge is 2.36. The lowest BCUT2D eigenvalue weighted by molar-refractivity contribution is -0.143. The number of hydrogen-bond acceptors (Lipinski definition) is 7. The second kappa shape index (κ2) is 14.8. The Morgan fingerprint density at radius 2 is 1.83 bits per heavy atom. The largest absolute Gasteiger partial charge is 0.481 e. The van der Waals surface area contributed by atoms with E-state index in [1.54, 1.807) is 0 Å². The molecular weight excluding hydrogens is 518 g/mol. The number of carbonyl (C=O) groups is 1. The van der Waals surface area contributed by atoms with Gasteiger partial charge in [-0.05, 0) is 95.2 Å². The molecule has 4 rings (SSSR count). The molecule has 4 bridgehead atoms. The summed E-state index contributed by atoms with van der Waals surface area (Å²) in [7, 11) is 0. The molecule has 3 aliphatic rings. The Hall–Kier alpha value is -1.55. The Labute approximate surface area is 246 Å². The molecule has 0 unspecified atom stereocenters. The lowest BCUT2D eigenvalue weighted by Crippen LogP contribution is -2.58. The summed E-state index contributed by atoms with van der Waals surface area (Å²) in [5.74, 6) is -0.810. The number of carboxylic acids is 1. The second-order valence-corrected chi connectivity index (χ2v) is 13.9. The maximum Gasteiger partial charge on any atom is 0.306 e. The quantitative estimate of drug-likeness (QED) is 0.285. The van der Waals surface area contributed by atoms with E-state index in [0.29, 0.717) is 18.9 Å². The fraction of sp³-hybridized carbons (Fsp3) is 0.788. The minimum Gasteiger partial charge on any atom is -0.481 e. The number of β-amino-alcohol motifs (C(OH)–C–C–N with tert-alkyl or cyclic N) is 1. The predicted octanol–water partition coefficient (Wildman–Crippen LogP) is 3.30. The fourth-order valence-electron chi connectivity index (χ4n) is 7.45. The van der Waals surface area contributed by atoms with Gasteiger partial charge < -0.3 is 36.4 Å². The van der Waals surface area contributed by atoms with Crippen molar-refractivity contribution in [3.05, 3.63) is 35.4 Å². The van der Waals surface area contributed by atoms with Crippen LogP contribution in [-0.2, 0) is 17.6 Å². The van der Waals surface area contributed by atoms with Crippen LogP contribution < -0.4 is 16.0 Å². The normalized spacial score (nSPS) is 37.0. The topological polar surface area (TPSA) is 134 Å². The summed E-state index contributed by atoms with van der Waals surface area (Å²) in [6.45, 7) is 5.38. The maximum atomic E-state index is 11.6. The number of fused-ring (bicyclic) bond motifs is 4. The summed E-state index contributed by atoms with van der Waals surface area (Å²) in [5, 5.41) is 53.2. The van der Waals surface area contributed by atoms with Gasteiger partial charge >= 0.3 is 5.97 Å². The molecule has 0 saturated carbocycles. The Morgan fingerprint density at radius 1 is 1.07 bits per heavy atom. The molecule has 0 spiro atoms. The minimum absolute atomic E-state index is 0.0492. The molecule has 2 saturated heterocycles.